The van der Waals surface area contributed by atoms with E-state index < -0.39 is 0 Å². The van der Waals surface area contributed by atoms with Gasteiger partial charge in [0.2, 0.25) is 0 Å². The fourth-order valence-corrected chi connectivity index (χ4v) is 3.00. The molecule has 0 radical (unpaired) electrons. The summed E-state index contributed by atoms with van der Waals surface area (Å²) in [5.41, 5.74) is 1.86. The zero-order chi connectivity index (χ0) is 15.8. The molecule has 3 nitrogen and oxygen atoms in total. The highest BCUT2D eigenvalue weighted by Gasteiger charge is 2.01. The second-order valence-electron chi connectivity index (χ2n) is 4.57. The summed E-state index contributed by atoms with van der Waals surface area (Å²) < 4.78 is 0. The van der Waals surface area contributed by atoms with Gasteiger partial charge in [0.1, 0.15) is 0 Å². The molecule has 2 aromatic carbocycles. The minimum atomic E-state index is -0.231. The molecule has 0 unspecified atom stereocenters. The molecular formula is C16H16Cl2N2OS. The van der Waals surface area contributed by atoms with E-state index in [0.717, 1.165) is 16.5 Å². The maximum Gasteiger partial charge on any atom is 0.319 e. The Hall–Kier alpha value is -1.36. The summed E-state index contributed by atoms with van der Waals surface area (Å²) >= 11 is 13.5. The van der Waals surface area contributed by atoms with Crippen molar-refractivity contribution in [3.05, 3.63) is 64.1 Å². The molecule has 0 saturated carbocycles. The topological polar surface area (TPSA) is 41.1 Å². The first-order chi connectivity index (χ1) is 10.6. The van der Waals surface area contributed by atoms with Crippen LogP contribution in [0.3, 0.4) is 0 Å². The highest BCUT2D eigenvalue weighted by atomic mass is 35.5. The summed E-state index contributed by atoms with van der Waals surface area (Å²) in [6.07, 6.45) is 0. The second kappa shape index (κ2) is 8.93. The SMILES string of the molecule is O=C(NCCSCc1cccc(Cl)c1)Nc1cccc(Cl)c1. The van der Waals surface area contributed by atoms with Crippen molar-refractivity contribution in [3.63, 3.8) is 0 Å². The van der Waals surface area contributed by atoms with E-state index in [9.17, 15) is 4.79 Å². The molecule has 2 N–H and O–H groups in total. The van der Waals surface area contributed by atoms with Crippen LogP contribution in [-0.2, 0) is 5.75 Å². The minimum Gasteiger partial charge on any atom is -0.337 e. The number of amides is 2. The number of thioether (sulfide) groups is 1. The number of halogens is 2. The van der Waals surface area contributed by atoms with Crippen LogP contribution in [0.25, 0.3) is 0 Å². The van der Waals surface area contributed by atoms with Gasteiger partial charge < -0.3 is 10.6 Å². The normalized spacial score (nSPS) is 10.3. The molecule has 2 amide bonds. The standard InChI is InChI=1S/C16H16Cl2N2OS/c17-13-4-1-3-12(9-13)11-22-8-7-19-16(21)20-15-6-2-5-14(18)10-15/h1-6,9-10H,7-8,11H2,(H2,19,20,21). The fourth-order valence-electron chi connectivity index (χ4n) is 1.80. The molecule has 0 aliphatic heterocycles. The molecule has 0 aromatic heterocycles. The molecule has 2 aromatic rings. The Labute approximate surface area is 144 Å². The van der Waals surface area contributed by atoms with Gasteiger partial charge in [0.05, 0.1) is 0 Å². The molecule has 0 aliphatic carbocycles. The monoisotopic (exact) mass is 354 g/mol. The summed E-state index contributed by atoms with van der Waals surface area (Å²) in [5.74, 6) is 1.70. The zero-order valence-electron chi connectivity index (χ0n) is 11.8. The molecule has 0 heterocycles. The van der Waals surface area contributed by atoms with E-state index in [2.05, 4.69) is 10.6 Å². The van der Waals surface area contributed by atoms with Crippen LogP contribution in [0.5, 0.6) is 0 Å². The quantitative estimate of drug-likeness (QED) is 0.712. The molecule has 0 bridgehead atoms. The van der Waals surface area contributed by atoms with E-state index >= 15 is 0 Å². The Morgan fingerprint density at radius 2 is 1.77 bits per heavy atom. The van der Waals surface area contributed by atoms with Crippen molar-refractivity contribution in [3.8, 4) is 0 Å². The van der Waals surface area contributed by atoms with Crippen molar-refractivity contribution >= 4 is 46.7 Å². The van der Waals surface area contributed by atoms with Gasteiger partial charge in [-0.05, 0) is 35.9 Å². The second-order valence-corrected chi connectivity index (χ2v) is 6.55. The van der Waals surface area contributed by atoms with E-state index in [-0.39, 0.29) is 6.03 Å². The smallest absolute Gasteiger partial charge is 0.319 e. The third-order valence-electron chi connectivity index (χ3n) is 2.77. The third kappa shape index (κ3) is 6.18. The van der Waals surface area contributed by atoms with Gasteiger partial charge in [0.25, 0.3) is 0 Å². The van der Waals surface area contributed by atoms with Gasteiger partial charge in [0, 0.05) is 33.8 Å². The number of anilines is 1. The van der Waals surface area contributed by atoms with Crippen LogP contribution in [0.15, 0.2) is 48.5 Å². The van der Waals surface area contributed by atoms with Crippen molar-refractivity contribution in [1.82, 2.24) is 5.32 Å². The number of nitrogens with one attached hydrogen (secondary N) is 2. The van der Waals surface area contributed by atoms with Crippen molar-refractivity contribution in [2.24, 2.45) is 0 Å². The Morgan fingerprint density at radius 1 is 1.05 bits per heavy atom. The van der Waals surface area contributed by atoms with Crippen LogP contribution in [0, 0.1) is 0 Å². The zero-order valence-corrected chi connectivity index (χ0v) is 14.1. The maximum absolute atomic E-state index is 11.7. The number of hydrogen-bond donors (Lipinski definition) is 2. The summed E-state index contributed by atoms with van der Waals surface area (Å²) in [6, 6.07) is 14.6. The van der Waals surface area contributed by atoms with E-state index in [1.54, 1.807) is 36.0 Å². The highest BCUT2D eigenvalue weighted by molar-refractivity contribution is 7.98. The number of benzene rings is 2. The number of carbonyl (C=O) groups is 1. The maximum atomic E-state index is 11.7. The summed E-state index contributed by atoms with van der Waals surface area (Å²) in [5, 5.41) is 6.89. The van der Waals surface area contributed by atoms with Crippen LogP contribution >= 0.6 is 35.0 Å². The highest BCUT2D eigenvalue weighted by Crippen LogP contribution is 2.16. The lowest BCUT2D eigenvalue weighted by Crippen LogP contribution is -2.30. The average Bonchev–Trinajstić information content (AvgIpc) is 2.47. The Morgan fingerprint density at radius 3 is 2.50 bits per heavy atom. The van der Waals surface area contributed by atoms with Crippen LogP contribution in [0.2, 0.25) is 10.0 Å². The Balaban J connectivity index is 1.63. The van der Waals surface area contributed by atoms with E-state index in [1.807, 2.05) is 24.3 Å². The molecular weight excluding hydrogens is 339 g/mol. The molecule has 0 saturated heterocycles. The van der Waals surface area contributed by atoms with Crippen LogP contribution in [0.1, 0.15) is 5.56 Å². The molecule has 0 aliphatic rings. The first kappa shape index (κ1) is 17.0. The molecule has 0 fully saturated rings. The largest absolute Gasteiger partial charge is 0.337 e. The van der Waals surface area contributed by atoms with Crippen LogP contribution in [0.4, 0.5) is 10.5 Å². The molecule has 0 spiro atoms. The third-order valence-corrected chi connectivity index (χ3v) is 4.27. The van der Waals surface area contributed by atoms with Gasteiger partial charge in [-0.1, -0.05) is 41.4 Å². The first-order valence-electron chi connectivity index (χ1n) is 6.76. The van der Waals surface area contributed by atoms with Gasteiger partial charge in [-0.2, -0.15) is 11.8 Å². The van der Waals surface area contributed by atoms with Gasteiger partial charge in [-0.3, -0.25) is 0 Å². The van der Waals surface area contributed by atoms with Gasteiger partial charge >= 0.3 is 6.03 Å². The number of carbonyl (C=O) groups excluding carboxylic acids is 1. The van der Waals surface area contributed by atoms with Crippen LogP contribution in [-0.4, -0.2) is 18.3 Å². The fraction of sp³-hybridized carbons (Fsp3) is 0.188. The lowest BCUT2D eigenvalue weighted by Gasteiger charge is -2.08. The number of rotatable bonds is 6. The van der Waals surface area contributed by atoms with Gasteiger partial charge in [0.15, 0.2) is 0 Å². The van der Waals surface area contributed by atoms with Crippen molar-refractivity contribution in [2.75, 3.05) is 17.6 Å². The lowest BCUT2D eigenvalue weighted by molar-refractivity contribution is 0.252. The summed E-state index contributed by atoms with van der Waals surface area (Å²) in [7, 11) is 0. The number of hydrogen-bond acceptors (Lipinski definition) is 2. The molecule has 22 heavy (non-hydrogen) atoms. The average molecular weight is 355 g/mol. The van der Waals surface area contributed by atoms with Gasteiger partial charge in [-0.15, -0.1) is 0 Å². The van der Waals surface area contributed by atoms with Crippen molar-refractivity contribution < 1.29 is 4.79 Å². The molecule has 116 valence electrons. The predicted molar refractivity (Wildman–Crippen MR) is 96.1 cm³/mol. The van der Waals surface area contributed by atoms with E-state index in [0.29, 0.717) is 17.3 Å². The predicted octanol–water partition coefficient (Wildman–Crippen LogP) is 5.05. The van der Waals surface area contributed by atoms with Crippen LogP contribution < -0.4 is 10.6 Å². The van der Waals surface area contributed by atoms with E-state index in [4.69, 9.17) is 23.2 Å². The Bertz CT molecular complexity index is 637. The van der Waals surface area contributed by atoms with Crippen molar-refractivity contribution in [1.29, 1.82) is 0 Å². The molecule has 2 rings (SSSR count). The summed E-state index contributed by atoms with van der Waals surface area (Å²) in [6.45, 7) is 0.595. The minimum absolute atomic E-state index is 0.231. The lowest BCUT2D eigenvalue weighted by atomic mass is 10.2. The van der Waals surface area contributed by atoms with Gasteiger partial charge in [-0.25, -0.2) is 4.79 Å². The Kier molecular flexibility index (Phi) is 6.90. The summed E-state index contributed by atoms with van der Waals surface area (Å²) in [4.78, 5) is 11.7. The van der Waals surface area contributed by atoms with Crippen molar-refractivity contribution in [2.45, 2.75) is 5.75 Å². The first-order valence-corrected chi connectivity index (χ1v) is 8.67. The molecule has 6 heteroatoms. The van der Waals surface area contributed by atoms with E-state index in [1.165, 1.54) is 5.56 Å². The molecule has 0 atom stereocenters. The number of urea groups is 1.